The van der Waals surface area contributed by atoms with E-state index in [4.69, 9.17) is 4.74 Å². The van der Waals surface area contributed by atoms with Crippen molar-refractivity contribution in [1.29, 1.82) is 0 Å². The maximum absolute atomic E-state index is 5.13. The smallest absolute Gasteiger partial charge is 0.216 e. The molecule has 0 aromatic carbocycles. The van der Waals surface area contributed by atoms with Crippen molar-refractivity contribution >= 4 is 0 Å². The molecule has 0 fully saturated rings. The Labute approximate surface area is 97.5 Å². The number of ether oxygens (including phenoxy) is 1. The zero-order valence-electron chi connectivity index (χ0n) is 10.7. The highest BCUT2D eigenvalue weighted by Crippen LogP contribution is 2.25. The molecule has 1 heterocycles. The highest BCUT2D eigenvalue weighted by Gasteiger charge is 2.24. The number of hydrogen-bond donors (Lipinski definition) is 1. The maximum atomic E-state index is 5.13. The molecule has 2 unspecified atom stereocenters. The van der Waals surface area contributed by atoms with Crippen molar-refractivity contribution < 1.29 is 4.74 Å². The zero-order valence-corrected chi connectivity index (χ0v) is 10.7. The van der Waals surface area contributed by atoms with E-state index in [0.717, 1.165) is 5.82 Å². The quantitative estimate of drug-likeness (QED) is 0.827. The van der Waals surface area contributed by atoms with Crippen LogP contribution in [-0.2, 0) is 0 Å². The van der Waals surface area contributed by atoms with Crippen LogP contribution in [0.4, 0.5) is 0 Å². The monoisotopic (exact) mass is 223 g/mol. The Hall–Kier alpha value is -1.16. The first kappa shape index (κ1) is 12.9. The van der Waals surface area contributed by atoms with Crippen LogP contribution in [0.25, 0.3) is 0 Å². The lowest BCUT2D eigenvalue weighted by molar-refractivity contribution is 0.361. The number of nitrogens with one attached hydrogen (secondary N) is 1. The zero-order chi connectivity index (χ0) is 12.1. The van der Waals surface area contributed by atoms with Gasteiger partial charge in [-0.3, -0.25) is 0 Å². The molecule has 0 aliphatic carbocycles. The summed E-state index contributed by atoms with van der Waals surface area (Å²) >= 11 is 0. The van der Waals surface area contributed by atoms with Crippen LogP contribution >= 0.6 is 0 Å². The van der Waals surface area contributed by atoms with Crippen molar-refractivity contribution in [2.75, 3.05) is 14.2 Å². The Bertz CT molecular complexity index is 328. The fraction of sp³-hybridized carbons (Fsp3) is 0.667. The summed E-state index contributed by atoms with van der Waals surface area (Å²) in [6, 6.07) is 2.11. The molecule has 1 aromatic rings. The van der Waals surface area contributed by atoms with Gasteiger partial charge in [0.1, 0.15) is 5.82 Å². The van der Waals surface area contributed by atoms with Gasteiger partial charge in [-0.2, -0.15) is 4.98 Å². The molecule has 0 radical (unpaired) electrons. The molecule has 4 nitrogen and oxygen atoms in total. The average Bonchev–Trinajstić information content (AvgIpc) is 2.29. The number of hydrogen-bond acceptors (Lipinski definition) is 4. The van der Waals surface area contributed by atoms with E-state index in [1.807, 2.05) is 7.05 Å². The summed E-state index contributed by atoms with van der Waals surface area (Å²) in [5.41, 5.74) is 0. The molecule has 1 N–H and O–H groups in total. The van der Waals surface area contributed by atoms with Crippen molar-refractivity contribution in [3.8, 4) is 5.88 Å². The predicted octanol–water partition coefficient (Wildman–Crippen LogP) is 1.83. The molecule has 0 saturated carbocycles. The summed E-state index contributed by atoms with van der Waals surface area (Å²) in [5.74, 6) is 2.24. The SMILES string of the molecule is CNC(C)C(c1nccc(OC)n1)C(C)C. The highest BCUT2D eigenvalue weighted by atomic mass is 16.5. The van der Waals surface area contributed by atoms with Crippen LogP contribution in [-0.4, -0.2) is 30.2 Å². The minimum absolute atomic E-state index is 0.292. The Morgan fingerprint density at radius 3 is 2.50 bits per heavy atom. The van der Waals surface area contributed by atoms with Gasteiger partial charge in [0, 0.05) is 24.2 Å². The standard InChI is InChI=1S/C12H21N3O/c1-8(2)11(9(3)13-4)12-14-7-6-10(15-12)16-5/h6-9,11,13H,1-5H3. The Kier molecular flexibility index (Phi) is 4.68. The second kappa shape index (κ2) is 5.80. The number of rotatable bonds is 5. The number of aromatic nitrogens is 2. The lowest BCUT2D eigenvalue weighted by Gasteiger charge is -2.25. The summed E-state index contributed by atoms with van der Waals surface area (Å²) < 4.78 is 5.13. The molecule has 0 amide bonds. The van der Waals surface area contributed by atoms with Gasteiger partial charge in [-0.05, 0) is 19.9 Å². The van der Waals surface area contributed by atoms with Gasteiger partial charge in [0.25, 0.3) is 0 Å². The molecule has 1 aromatic heterocycles. The fourth-order valence-electron chi connectivity index (χ4n) is 1.91. The predicted molar refractivity (Wildman–Crippen MR) is 64.7 cm³/mol. The van der Waals surface area contributed by atoms with E-state index in [0.29, 0.717) is 23.8 Å². The van der Waals surface area contributed by atoms with Gasteiger partial charge in [0.05, 0.1) is 7.11 Å². The van der Waals surface area contributed by atoms with E-state index in [-0.39, 0.29) is 0 Å². The normalized spacial score (nSPS) is 14.9. The first-order valence-corrected chi connectivity index (χ1v) is 5.64. The number of nitrogens with zero attached hydrogens (tertiary/aromatic N) is 2. The van der Waals surface area contributed by atoms with Gasteiger partial charge in [-0.1, -0.05) is 13.8 Å². The van der Waals surface area contributed by atoms with Crippen LogP contribution in [0.15, 0.2) is 12.3 Å². The summed E-state index contributed by atoms with van der Waals surface area (Å²) in [7, 11) is 3.58. The summed E-state index contributed by atoms with van der Waals surface area (Å²) in [5, 5.41) is 3.26. The number of methoxy groups -OCH3 is 1. The second-order valence-electron chi connectivity index (χ2n) is 4.30. The minimum atomic E-state index is 0.292. The van der Waals surface area contributed by atoms with Crippen molar-refractivity contribution in [1.82, 2.24) is 15.3 Å². The first-order chi connectivity index (χ1) is 7.60. The van der Waals surface area contributed by atoms with Crippen molar-refractivity contribution in [3.63, 3.8) is 0 Å². The fourth-order valence-corrected chi connectivity index (χ4v) is 1.91. The molecule has 2 atom stereocenters. The molecule has 1 rings (SSSR count). The molecule has 16 heavy (non-hydrogen) atoms. The lowest BCUT2D eigenvalue weighted by Crippen LogP contribution is -2.33. The van der Waals surface area contributed by atoms with Crippen LogP contribution in [0.1, 0.15) is 32.5 Å². The van der Waals surface area contributed by atoms with E-state index in [1.165, 1.54) is 0 Å². The van der Waals surface area contributed by atoms with Gasteiger partial charge in [0.2, 0.25) is 5.88 Å². The topological polar surface area (TPSA) is 47.0 Å². The second-order valence-corrected chi connectivity index (χ2v) is 4.30. The summed E-state index contributed by atoms with van der Waals surface area (Å²) in [4.78, 5) is 8.76. The molecule has 4 heteroatoms. The van der Waals surface area contributed by atoms with Crippen LogP contribution < -0.4 is 10.1 Å². The minimum Gasteiger partial charge on any atom is -0.481 e. The third kappa shape index (κ3) is 2.92. The third-order valence-corrected chi connectivity index (χ3v) is 2.87. The maximum Gasteiger partial charge on any atom is 0.216 e. The lowest BCUT2D eigenvalue weighted by atomic mass is 9.88. The molecule has 0 bridgehead atoms. The van der Waals surface area contributed by atoms with E-state index >= 15 is 0 Å². The van der Waals surface area contributed by atoms with Gasteiger partial charge in [0.15, 0.2) is 0 Å². The van der Waals surface area contributed by atoms with E-state index in [1.54, 1.807) is 19.4 Å². The number of likely N-dealkylation sites (N-methyl/N-ethyl adjacent to an activating group) is 1. The van der Waals surface area contributed by atoms with Crippen LogP contribution in [0.5, 0.6) is 5.88 Å². The molecule has 90 valence electrons. The molecule has 0 saturated heterocycles. The Morgan fingerprint density at radius 2 is 2.00 bits per heavy atom. The summed E-state index contributed by atoms with van der Waals surface area (Å²) in [6.45, 7) is 6.51. The molecular weight excluding hydrogens is 202 g/mol. The molecule has 0 aliphatic heterocycles. The van der Waals surface area contributed by atoms with Crippen LogP contribution in [0.3, 0.4) is 0 Å². The molecular formula is C12H21N3O. The Morgan fingerprint density at radius 1 is 1.31 bits per heavy atom. The van der Waals surface area contributed by atoms with Gasteiger partial charge >= 0.3 is 0 Å². The third-order valence-electron chi connectivity index (χ3n) is 2.87. The Balaban J connectivity index is 3.00. The molecule has 0 aliphatic rings. The van der Waals surface area contributed by atoms with Crippen LogP contribution in [0.2, 0.25) is 0 Å². The first-order valence-electron chi connectivity index (χ1n) is 5.64. The van der Waals surface area contributed by atoms with Crippen molar-refractivity contribution in [2.45, 2.75) is 32.7 Å². The van der Waals surface area contributed by atoms with Gasteiger partial charge < -0.3 is 10.1 Å². The van der Waals surface area contributed by atoms with Crippen LogP contribution in [0, 0.1) is 5.92 Å². The highest BCUT2D eigenvalue weighted by molar-refractivity contribution is 5.12. The summed E-state index contributed by atoms with van der Waals surface area (Å²) in [6.07, 6.45) is 1.75. The largest absolute Gasteiger partial charge is 0.481 e. The van der Waals surface area contributed by atoms with E-state index in [9.17, 15) is 0 Å². The van der Waals surface area contributed by atoms with Crippen molar-refractivity contribution in [3.05, 3.63) is 18.1 Å². The average molecular weight is 223 g/mol. The molecule has 0 spiro atoms. The van der Waals surface area contributed by atoms with Crippen molar-refractivity contribution in [2.24, 2.45) is 5.92 Å². The van der Waals surface area contributed by atoms with Gasteiger partial charge in [-0.15, -0.1) is 0 Å². The van der Waals surface area contributed by atoms with E-state index < -0.39 is 0 Å². The van der Waals surface area contributed by atoms with Gasteiger partial charge in [-0.25, -0.2) is 4.98 Å². The van der Waals surface area contributed by atoms with E-state index in [2.05, 4.69) is 36.1 Å².